The van der Waals surface area contributed by atoms with Crippen LogP contribution in [0.2, 0.25) is 0 Å². The standard InChI is InChI=1S/C17H25N3O2/c21-17(11-15-3-1-5-18-12-15)20-7-2-6-19(8-9-20)13-16-4-10-22-14-16/h1,3,5,12,16H,2,4,6-11,13-14H2. The first-order valence-electron chi connectivity index (χ1n) is 8.28. The van der Waals surface area contributed by atoms with Crippen LogP contribution < -0.4 is 0 Å². The fourth-order valence-electron chi connectivity index (χ4n) is 3.28. The number of carbonyl (C=O) groups excluding carboxylic acids is 1. The summed E-state index contributed by atoms with van der Waals surface area (Å²) in [5.74, 6) is 0.900. The molecule has 120 valence electrons. The van der Waals surface area contributed by atoms with E-state index in [1.54, 1.807) is 12.4 Å². The lowest BCUT2D eigenvalue weighted by Gasteiger charge is -2.23. The van der Waals surface area contributed by atoms with Crippen LogP contribution >= 0.6 is 0 Å². The fraction of sp³-hybridized carbons (Fsp3) is 0.647. The molecule has 1 unspecified atom stereocenters. The molecule has 0 spiro atoms. The molecule has 2 aliphatic heterocycles. The summed E-state index contributed by atoms with van der Waals surface area (Å²) in [5, 5.41) is 0. The van der Waals surface area contributed by atoms with Gasteiger partial charge in [-0.1, -0.05) is 6.07 Å². The predicted octanol–water partition coefficient (Wildman–Crippen LogP) is 1.19. The Morgan fingerprint density at radius 3 is 3.05 bits per heavy atom. The van der Waals surface area contributed by atoms with Gasteiger partial charge in [0.25, 0.3) is 0 Å². The molecular weight excluding hydrogens is 278 g/mol. The maximum atomic E-state index is 12.4. The molecule has 2 fully saturated rings. The van der Waals surface area contributed by atoms with Crippen LogP contribution in [0.5, 0.6) is 0 Å². The van der Waals surface area contributed by atoms with E-state index in [9.17, 15) is 4.79 Å². The molecule has 0 N–H and O–H groups in total. The summed E-state index contributed by atoms with van der Waals surface area (Å²) < 4.78 is 5.46. The number of amides is 1. The second-order valence-corrected chi connectivity index (χ2v) is 6.30. The summed E-state index contributed by atoms with van der Waals surface area (Å²) >= 11 is 0. The molecule has 3 rings (SSSR count). The smallest absolute Gasteiger partial charge is 0.227 e. The Kier molecular flexibility index (Phi) is 5.40. The Balaban J connectivity index is 1.48. The quantitative estimate of drug-likeness (QED) is 0.838. The Hall–Kier alpha value is -1.46. The van der Waals surface area contributed by atoms with Crippen molar-refractivity contribution in [3.05, 3.63) is 30.1 Å². The van der Waals surface area contributed by atoms with E-state index in [1.807, 2.05) is 17.0 Å². The lowest BCUT2D eigenvalue weighted by molar-refractivity contribution is -0.130. The van der Waals surface area contributed by atoms with Crippen molar-refractivity contribution in [1.82, 2.24) is 14.8 Å². The normalized spacial score (nSPS) is 23.5. The van der Waals surface area contributed by atoms with Crippen molar-refractivity contribution in [3.8, 4) is 0 Å². The summed E-state index contributed by atoms with van der Waals surface area (Å²) in [6.45, 7) is 6.71. The highest BCUT2D eigenvalue weighted by atomic mass is 16.5. The topological polar surface area (TPSA) is 45.7 Å². The van der Waals surface area contributed by atoms with Gasteiger partial charge in [0.2, 0.25) is 5.91 Å². The minimum absolute atomic E-state index is 0.221. The van der Waals surface area contributed by atoms with E-state index in [2.05, 4.69) is 9.88 Å². The summed E-state index contributed by atoms with van der Waals surface area (Å²) in [7, 11) is 0. The van der Waals surface area contributed by atoms with Crippen LogP contribution in [0, 0.1) is 5.92 Å². The second kappa shape index (κ2) is 7.70. The van der Waals surface area contributed by atoms with E-state index in [4.69, 9.17) is 4.74 Å². The predicted molar refractivity (Wildman–Crippen MR) is 84.5 cm³/mol. The number of carbonyl (C=O) groups is 1. The number of rotatable bonds is 4. The highest BCUT2D eigenvalue weighted by Gasteiger charge is 2.23. The molecule has 0 aromatic carbocycles. The van der Waals surface area contributed by atoms with E-state index in [-0.39, 0.29) is 5.91 Å². The molecule has 1 atom stereocenters. The maximum absolute atomic E-state index is 12.4. The highest BCUT2D eigenvalue weighted by Crippen LogP contribution is 2.15. The first-order chi connectivity index (χ1) is 10.8. The molecule has 0 radical (unpaired) electrons. The Labute approximate surface area is 132 Å². The zero-order valence-corrected chi connectivity index (χ0v) is 13.1. The Morgan fingerprint density at radius 1 is 1.32 bits per heavy atom. The van der Waals surface area contributed by atoms with Crippen LogP contribution in [0.25, 0.3) is 0 Å². The van der Waals surface area contributed by atoms with Crippen molar-refractivity contribution in [2.45, 2.75) is 19.3 Å². The second-order valence-electron chi connectivity index (χ2n) is 6.30. The van der Waals surface area contributed by atoms with Crippen molar-refractivity contribution in [2.24, 2.45) is 5.92 Å². The van der Waals surface area contributed by atoms with Gasteiger partial charge < -0.3 is 14.5 Å². The molecule has 0 bridgehead atoms. The van der Waals surface area contributed by atoms with Gasteiger partial charge in [0.1, 0.15) is 0 Å². The van der Waals surface area contributed by atoms with Gasteiger partial charge in [0, 0.05) is 45.2 Å². The number of hydrogen-bond acceptors (Lipinski definition) is 4. The number of nitrogens with zero attached hydrogens (tertiary/aromatic N) is 3. The van der Waals surface area contributed by atoms with Crippen molar-refractivity contribution in [2.75, 3.05) is 45.9 Å². The lowest BCUT2D eigenvalue weighted by Crippen LogP contribution is -2.37. The molecule has 5 heteroatoms. The number of ether oxygens (including phenoxy) is 1. The summed E-state index contributed by atoms with van der Waals surface area (Å²) in [4.78, 5) is 21.0. The average Bonchev–Trinajstić information content (AvgIpc) is 2.92. The Bertz CT molecular complexity index is 474. The lowest BCUT2D eigenvalue weighted by atomic mass is 10.1. The van der Waals surface area contributed by atoms with Crippen LogP contribution in [0.3, 0.4) is 0 Å². The van der Waals surface area contributed by atoms with Gasteiger partial charge in [0.15, 0.2) is 0 Å². The molecule has 22 heavy (non-hydrogen) atoms. The molecule has 2 saturated heterocycles. The average molecular weight is 303 g/mol. The molecule has 1 aromatic rings. The van der Waals surface area contributed by atoms with E-state index < -0.39 is 0 Å². The van der Waals surface area contributed by atoms with Crippen molar-refractivity contribution >= 4 is 5.91 Å². The van der Waals surface area contributed by atoms with Crippen LogP contribution in [0.1, 0.15) is 18.4 Å². The van der Waals surface area contributed by atoms with Gasteiger partial charge in [-0.2, -0.15) is 0 Å². The summed E-state index contributed by atoms with van der Waals surface area (Å²) in [6, 6.07) is 3.85. The maximum Gasteiger partial charge on any atom is 0.227 e. The third-order valence-corrected chi connectivity index (χ3v) is 4.56. The first kappa shape index (κ1) is 15.4. The number of pyridine rings is 1. The fourth-order valence-corrected chi connectivity index (χ4v) is 3.28. The van der Waals surface area contributed by atoms with Crippen molar-refractivity contribution < 1.29 is 9.53 Å². The van der Waals surface area contributed by atoms with Crippen molar-refractivity contribution in [1.29, 1.82) is 0 Å². The third kappa shape index (κ3) is 4.27. The largest absolute Gasteiger partial charge is 0.381 e. The number of hydrogen-bond donors (Lipinski definition) is 0. The third-order valence-electron chi connectivity index (χ3n) is 4.56. The van der Waals surface area contributed by atoms with Crippen LogP contribution in [-0.4, -0.2) is 66.6 Å². The highest BCUT2D eigenvalue weighted by molar-refractivity contribution is 5.78. The molecule has 1 amide bonds. The molecule has 1 aromatic heterocycles. The zero-order valence-electron chi connectivity index (χ0n) is 13.1. The molecule has 0 aliphatic carbocycles. The van der Waals surface area contributed by atoms with Gasteiger partial charge in [0.05, 0.1) is 13.0 Å². The van der Waals surface area contributed by atoms with E-state index >= 15 is 0 Å². The van der Waals surface area contributed by atoms with Gasteiger partial charge in [-0.25, -0.2) is 0 Å². The van der Waals surface area contributed by atoms with Gasteiger partial charge in [-0.15, -0.1) is 0 Å². The summed E-state index contributed by atoms with van der Waals surface area (Å²) in [6.07, 6.45) is 6.23. The molecule has 2 aliphatic rings. The van der Waals surface area contributed by atoms with Crippen LogP contribution in [0.15, 0.2) is 24.5 Å². The van der Waals surface area contributed by atoms with E-state index in [0.717, 1.165) is 57.9 Å². The molecule has 0 saturated carbocycles. The van der Waals surface area contributed by atoms with E-state index in [0.29, 0.717) is 12.3 Å². The minimum Gasteiger partial charge on any atom is -0.381 e. The minimum atomic E-state index is 0.221. The van der Waals surface area contributed by atoms with Crippen LogP contribution in [-0.2, 0) is 16.0 Å². The Morgan fingerprint density at radius 2 is 2.27 bits per heavy atom. The SMILES string of the molecule is O=C(Cc1cccnc1)N1CCCN(CC2CCOC2)CC1. The first-order valence-corrected chi connectivity index (χ1v) is 8.28. The monoisotopic (exact) mass is 303 g/mol. The zero-order chi connectivity index (χ0) is 15.2. The van der Waals surface area contributed by atoms with Gasteiger partial charge in [-0.3, -0.25) is 9.78 Å². The van der Waals surface area contributed by atoms with Crippen molar-refractivity contribution in [3.63, 3.8) is 0 Å². The molecule has 5 nitrogen and oxygen atoms in total. The molecular formula is C17H25N3O2. The van der Waals surface area contributed by atoms with Gasteiger partial charge >= 0.3 is 0 Å². The molecule has 3 heterocycles. The van der Waals surface area contributed by atoms with Crippen LogP contribution in [0.4, 0.5) is 0 Å². The summed E-state index contributed by atoms with van der Waals surface area (Å²) in [5.41, 5.74) is 0.997. The van der Waals surface area contributed by atoms with Gasteiger partial charge in [-0.05, 0) is 36.9 Å². The number of aromatic nitrogens is 1. The van der Waals surface area contributed by atoms with E-state index in [1.165, 1.54) is 6.42 Å².